The first kappa shape index (κ1) is 14.5. The summed E-state index contributed by atoms with van der Waals surface area (Å²) in [6.07, 6.45) is 1.60. The van der Waals surface area contributed by atoms with Crippen LogP contribution in [-0.4, -0.2) is 7.05 Å². The molecule has 0 saturated carbocycles. The van der Waals surface area contributed by atoms with Crippen LogP contribution in [0.15, 0.2) is 29.6 Å². The van der Waals surface area contributed by atoms with Gasteiger partial charge in [-0.05, 0) is 48.5 Å². The molecule has 0 fully saturated rings. The third-order valence-electron chi connectivity index (χ3n) is 3.28. The predicted octanol–water partition coefficient (Wildman–Crippen LogP) is 4.61. The highest BCUT2D eigenvalue weighted by molar-refractivity contribution is 7.10. The Morgan fingerprint density at radius 1 is 1.32 bits per heavy atom. The van der Waals surface area contributed by atoms with Gasteiger partial charge >= 0.3 is 0 Å². The summed E-state index contributed by atoms with van der Waals surface area (Å²) in [5, 5.41) is 5.55. The summed E-state index contributed by atoms with van der Waals surface area (Å²) in [5.41, 5.74) is 1.98. The highest BCUT2D eigenvalue weighted by Gasteiger charge is 2.17. The molecule has 1 aromatic carbocycles. The van der Waals surface area contributed by atoms with Crippen LogP contribution in [-0.2, 0) is 12.8 Å². The molecule has 1 unspecified atom stereocenters. The fourth-order valence-electron chi connectivity index (χ4n) is 2.20. The quantitative estimate of drug-likeness (QED) is 0.850. The van der Waals surface area contributed by atoms with E-state index in [1.165, 1.54) is 10.4 Å². The largest absolute Gasteiger partial charge is 0.312 e. The van der Waals surface area contributed by atoms with E-state index in [-0.39, 0.29) is 16.9 Å². The van der Waals surface area contributed by atoms with E-state index in [0.717, 1.165) is 6.42 Å². The van der Waals surface area contributed by atoms with Crippen molar-refractivity contribution < 1.29 is 4.39 Å². The van der Waals surface area contributed by atoms with Crippen LogP contribution in [0.2, 0.25) is 5.02 Å². The lowest BCUT2D eigenvalue weighted by molar-refractivity contribution is 0.558. The van der Waals surface area contributed by atoms with Gasteiger partial charge in [-0.25, -0.2) is 4.39 Å². The molecule has 1 aromatic heterocycles. The number of likely N-dealkylation sites (N-methyl/N-ethyl adjacent to an activating group) is 1. The van der Waals surface area contributed by atoms with Gasteiger partial charge in [0, 0.05) is 10.9 Å². The van der Waals surface area contributed by atoms with E-state index < -0.39 is 0 Å². The molecule has 1 nitrogen and oxygen atoms in total. The molecule has 19 heavy (non-hydrogen) atoms. The number of aryl methyl sites for hydroxylation is 1. The molecule has 0 saturated heterocycles. The molecule has 4 heteroatoms. The van der Waals surface area contributed by atoms with Gasteiger partial charge < -0.3 is 5.32 Å². The van der Waals surface area contributed by atoms with Crippen molar-refractivity contribution in [2.75, 3.05) is 7.05 Å². The average molecular weight is 298 g/mol. The van der Waals surface area contributed by atoms with Crippen molar-refractivity contribution >= 4 is 22.9 Å². The minimum atomic E-state index is -0.306. The third-order valence-corrected chi connectivity index (χ3v) is 4.65. The average Bonchev–Trinajstić information content (AvgIpc) is 2.88. The molecular weight excluding hydrogens is 281 g/mol. The molecule has 0 radical (unpaired) electrons. The van der Waals surface area contributed by atoms with E-state index in [0.29, 0.717) is 12.0 Å². The second-order valence-electron chi connectivity index (χ2n) is 4.42. The van der Waals surface area contributed by atoms with E-state index in [1.807, 2.05) is 7.05 Å². The minimum absolute atomic E-state index is 0.128. The maximum atomic E-state index is 14.0. The fourth-order valence-corrected chi connectivity index (χ4v) is 3.50. The molecule has 1 heterocycles. The first-order chi connectivity index (χ1) is 9.17. The van der Waals surface area contributed by atoms with Crippen LogP contribution in [0.4, 0.5) is 4.39 Å². The lowest BCUT2D eigenvalue weighted by atomic mass is 10.0. The van der Waals surface area contributed by atoms with Gasteiger partial charge in [-0.3, -0.25) is 0 Å². The Bertz CT molecular complexity index is 553. The first-order valence-corrected chi connectivity index (χ1v) is 7.59. The molecule has 2 aromatic rings. The van der Waals surface area contributed by atoms with Crippen LogP contribution in [0.3, 0.4) is 0 Å². The summed E-state index contributed by atoms with van der Waals surface area (Å²) in [5.74, 6) is -0.306. The van der Waals surface area contributed by atoms with Crippen molar-refractivity contribution in [3.05, 3.63) is 56.5 Å². The first-order valence-electron chi connectivity index (χ1n) is 6.33. The van der Waals surface area contributed by atoms with Crippen LogP contribution in [0.25, 0.3) is 0 Å². The molecule has 2 rings (SSSR count). The zero-order valence-electron chi connectivity index (χ0n) is 11.0. The molecule has 0 aliphatic rings. The highest BCUT2D eigenvalue weighted by Crippen LogP contribution is 2.29. The van der Waals surface area contributed by atoms with E-state index >= 15 is 0 Å². The Labute approximate surface area is 122 Å². The molecule has 0 aliphatic carbocycles. The van der Waals surface area contributed by atoms with Crippen molar-refractivity contribution in [2.45, 2.75) is 25.8 Å². The van der Waals surface area contributed by atoms with Crippen LogP contribution in [0, 0.1) is 5.82 Å². The lowest BCUT2D eigenvalue weighted by Crippen LogP contribution is -2.19. The molecular formula is C15H17ClFNS. The smallest absolute Gasteiger partial charge is 0.145 e. The summed E-state index contributed by atoms with van der Waals surface area (Å²) < 4.78 is 14.0. The number of benzene rings is 1. The number of hydrogen-bond donors (Lipinski definition) is 1. The minimum Gasteiger partial charge on any atom is -0.312 e. The van der Waals surface area contributed by atoms with Crippen molar-refractivity contribution in [2.24, 2.45) is 0 Å². The van der Waals surface area contributed by atoms with Crippen LogP contribution in [0.5, 0.6) is 0 Å². The number of thiophene rings is 1. The normalized spacial score (nSPS) is 12.6. The van der Waals surface area contributed by atoms with Gasteiger partial charge in [0.15, 0.2) is 0 Å². The van der Waals surface area contributed by atoms with Gasteiger partial charge in [-0.1, -0.05) is 30.7 Å². The van der Waals surface area contributed by atoms with Crippen LogP contribution in [0.1, 0.15) is 29.0 Å². The Balaban J connectivity index is 2.27. The summed E-state index contributed by atoms with van der Waals surface area (Å²) in [6, 6.07) is 7.44. The Morgan fingerprint density at radius 2 is 2.11 bits per heavy atom. The van der Waals surface area contributed by atoms with Gasteiger partial charge in [-0.15, -0.1) is 11.3 Å². The van der Waals surface area contributed by atoms with Crippen molar-refractivity contribution in [1.82, 2.24) is 5.32 Å². The Morgan fingerprint density at radius 3 is 2.79 bits per heavy atom. The fraction of sp³-hybridized carbons (Fsp3) is 0.333. The number of halogens is 2. The molecule has 0 amide bonds. The Hall–Kier alpha value is -0.900. The zero-order valence-corrected chi connectivity index (χ0v) is 12.6. The second-order valence-corrected chi connectivity index (χ2v) is 5.78. The SMILES string of the molecule is CCc1ccsc1C(Cc1cccc(Cl)c1F)NC. The Kier molecular flexibility index (Phi) is 4.97. The second kappa shape index (κ2) is 6.51. The molecule has 0 spiro atoms. The molecule has 102 valence electrons. The maximum Gasteiger partial charge on any atom is 0.145 e. The number of rotatable bonds is 5. The van der Waals surface area contributed by atoms with Crippen molar-refractivity contribution in [1.29, 1.82) is 0 Å². The van der Waals surface area contributed by atoms with Gasteiger partial charge in [0.1, 0.15) is 5.82 Å². The third kappa shape index (κ3) is 3.16. The molecule has 1 N–H and O–H groups in total. The topological polar surface area (TPSA) is 12.0 Å². The predicted molar refractivity (Wildman–Crippen MR) is 80.6 cm³/mol. The standard InChI is InChI=1S/C15H17ClFNS/c1-3-10-7-8-19-15(10)13(18-2)9-11-5-4-6-12(16)14(11)17/h4-8,13,18H,3,9H2,1-2H3. The molecule has 1 atom stereocenters. The molecule has 0 bridgehead atoms. The monoisotopic (exact) mass is 297 g/mol. The number of hydrogen-bond acceptors (Lipinski definition) is 2. The van der Waals surface area contributed by atoms with E-state index in [4.69, 9.17) is 11.6 Å². The summed E-state index contributed by atoms with van der Waals surface area (Å²) in [4.78, 5) is 1.28. The zero-order chi connectivity index (χ0) is 13.8. The summed E-state index contributed by atoms with van der Waals surface area (Å²) in [7, 11) is 1.91. The van der Waals surface area contributed by atoms with Gasteiger partial charge in [0.05, 0.1) is 5.02 Å². The van der Waals surface area contributed by atoms with Crippen molar-refractivity contribution in [3.8, 4) is 0 Å². The van der Waals surface area contributed by atoms with Crippen LogP contribution >= 0.6 is 22.9 Å². The van der Waals surface area contributed by atoms with E-state index in [9.17, 15) is 4.39 Å². The summed E-state index contributed by atoms with van der Waals surface area (Å²) >= 11 is 7.55. The maximum absolute atomic E-state index is 14.0. The van der Waals surface area contributed by atoms with Gasteiger partial charge in [0.25, 0.3) is 0 Å². The van der Waals surface area contributed by atoms with E-state index in [1.54, 1.807) is 29.5 Å². The highest BCUT2D eigenvalue weighted by atomic mass is 35.5. The van der Waals surface area contributed by atoms with Gasteiger partial charge in [0.2, 0.25) is 0 Å². The molecule has 0 aliphatic heterocycles. The number of nitrogens with one attached hydrogen (secondary N) is 1. The van der Waals surface area contributed by atoms with Gasteiger partial charge in [-0.2, -0.15) is 0 Å². The van der Waals surface area contributed by atoms with Crippen LogP contribution < -0.4 is 5.32 Å². The van der Waals surface area contributed by atoms with Crippen molar-refractivity contribution in [3.63, 3.8) is 0 Å². The van der Waals surface area contributed by atoms with E-state index in [2.05, 4.69) is 23.7 Å². The summed E-state index contributed by atoms with van der Waals surface area (Å²) in [6.45, 7) is 2.14. The lowest BCUT2D eigenvalue weighted by Gasteiger charge is -2.17.